The summed E-state index contributed by atoms with van der Waals surface area (Å²) in [6.07, 6.45) is 1.54. The molecule has 0 radical (unpaired) electrons. The van der Waals surface area contributed by atoms with Crippen molar-refractivity contribution in [2.45, 2.75) is 6.42 Å². The van der Waals surface area contributed by atoms with Crippen LogP contribution in [-0.4, -0.2) is 10.8 Å². The van der Waals surface area contributed by atoms with E-state index in [0.717, 1.165) is 4.47 Å². The summed E-state index contributed by atoms with van der Waals surface area (Å²) in [5.74, 6) is -0.599. The molecule has 1 aromatic carbocycles. The molecule has 0 fully saturated rings. The highest BCUT2D eigenvalue weighted by molar-refractivity contribution is 9.11. The first kappa shape index (κ1) is 13.4. The van der Waals surface area contributed by atoms with Crippen molar-refractivity contribution in [2.75, 3.05) is 0 Å². The summed E-state index contributed by atoms with van der Waals surface area (Å²) in [5, 5.41) is 0. The van der Waals surface area contributed by atoms with Crippen LogP contribution in [0, 0.1) is 5.82 Å². The molecule has 92 valence electrons. The second-order valence-electron chi connectivity index (χ2n) is 3.68. The van der Waals surface area contributed by atoms with E-state index in [9.17, 15) is 9.18 Å². The minimum Gasteiger partial charge on any atom is -0.292 e. The van der Waals surface area contributed by atoms with Gasteiger partial charge in [-0.05, 0) is 49.6 Å². The second kappa shape index (κ2) is 5.71. The van der Waals surface area contributed by atoms with Crippen LogP contribution in [-0.2, 0) is 6.42 Å². The molecule has 0 unspecified atom stereocenters. The third-order valence-electron chi connectivity index (χ3n) is 2.38. The zero-order chi connectivity index (χ0) is 13.1. The van der Waals surface area contributed by atoms with Crippen LogP contribution in [0.5, 0.6) is 0 Å². The molecule has 0 N–H and O–H groups in total. The van der Waals surface area contributed by atoms with E-state index < -0.39 is 0 Å². The molecular weight excluding hydrogens is 365 g/mol. The Morgan fingerprint density at radius 2 is 2.00 bits per heavy atom. The first-order valence-corrected chi connectivity index (χ1v) is 6.74. The number of ketones is 1. The molecule has 0 spiro atoms. The van der Waals surface area contributed by atoms with Crippen LogP contribution in [0.4, 0.5) is 4.39 Å². The topological polar surface area (TPSA) is 30.0 Å². The zero-order valence-corrected chi connectivity index (χ0v) is 12.3. The standard InChI is InChI=1S/C13H8Br2FNO/c14-9-6-10(15)13(17-7-9)12(18)5-8-3-1-2-4-11(8)16/h1-4,6-7H,5H2. The lowest BCUT2D eigenvalue weighted by atomic mass is 10.1. The van der Waals surface area contributed by atoms with Crippen molar-refractivity contribution in [2.24, 2.45) is 0 Å². The molecule has 2 aromatic rings. The van der Waals surface area contributed by atoms with Gasteiger partial charge in [-0.2, -0.15) is 0 Å². The summed E-state index contributed by atoms with van der Waals surface area (Å²) in [7, 11) is 0. The Kier molecular flexibility index (Phi) is 4.24. The van der Waals surface area contributed by atoms with Gasteiger partial charge in [-0.25, -0.2) is 4.39 Å². The number of nitrogens with zero attached hydrogens (tertiary/aromatic N) is 1. The largest absolute Gasteiger partial charge is 0.292 e. The van der Waals surface area contributed by atoms with E-state index in [2.05, 4.69) is 36.8 Å². The Morgan fingerprint density at radius 1 is 1.28 bits per heavy atom. The molecule has 2 rings (SSSR count). The first-order chi connectivity index (χ1) is 8.58. The summed E-state index contributed by atoms with van der Waals surface area (Å²) in [4.78, 5) is 16.1. The highest BCUT2D eigenvalue weighted by Crippen LogP contribution is 2.21. The Balaban J connectivity index is 2.25. The maximum Gasteiger partial charge on any atom is 0.186 e. The minimum absolute atomic E-state index is 0.0000935. The van der Waals surface area contributed by atoms with E-state index >= 15 is 0 Å². The molecule has 0 aliphatic carbocycles. The molecule has 0 aliphatic heterocycles. The summed E-state index contributed by atoms with van der Waals surface area (Å²) >= 11 is 6.53. The van der Waals surface area contributed by atoms with Crippen LogP contribution in [0.3, 0.4) is 0 Å². The number of Topliss-reactive ketones (excluding diaryl/α,β-unsaturated/α-hetero) is 1. The molecule has 1 aromatic heterocycles. The third kappa shape index (κ3) is 3.03. The molecule has 0 aliphatic rings. The third-order valence-corrected chi connectivity index (χ3v) is 3.42. The van der Waals surface area contributed by atoms with Gasteiger partial charge in [-0.3, -0.25) is 9.78 Å². The number of carbonyl (C=O) groups is 1. The van der Waals surface area contributed by atoms with Gasteiger partial charge in [-0.1, -0.05) is 18.2 Å². The average molecular weight is 373 g/mol. The highest BCUT2D eigenvalue weighted by Gasteiger charge is 2.14. The van der Waals surface area contributed by atoms with Gasteiger partial charge in [0, 0.05) is 21.6 Å². The van der Waals surface area contributed by atoms with Gasteiger partial charge in [0.05, 0.1) is 0 Å². The molecular formula is C13H8Br2FNO. The van der Waals surface area contributed by atoms with Crippen molar-refractivity contribution in [1.82, 2.24) is 4.98 Å². The molecule has 0 atom stereocenters. The first-order valence-electron chi connectivity index (χ1n) is 5.15. The fourth-order valence-corrected chi connectivity index (χ4v) is 2.73. The zero-order valence-electron chi connectivity index (χ0n) is 9.16. The van der Waals surface area contributed by atoms with E-state index in [1.54, 1.807) is 30.5 Å². The SMILES string of the molecule is O=C(Cc1ccccc1F)c1ncc(Br)cc1Br. The summed E-state index contributed by atoms with van der Waals surface area (Å²) in [6.45, 7) is 0. The molecule has 1 heterocycles. The van der Waals surface area contributed by atoms with Crippen LogP contribution in [0.25, 0.3) is 0 Å². The maximum absolute atomic E-state index is 13.4. The molecule has 5 heteroatoms. The number of hydrogen-bond donors (Lipinski definition) is 0. The molecule has 18 heavy (non-hydrogen) atoms. The van der Waals surface area contributed by atoms with Crippen molar-refractivity contribution in [3.63, 3.8) is 0 Å². The van der Waals surface area contributed by atoms with Crippen molar-refractivity contribution < 1.29 is 9.18 Å². The predicted molar refractivity (Wildman–Crippen MR) is 74.1 cm³/mol. The van der Waals surface area contributed by atoms with Gasteiger partial charge in [0.25, 0.3) is 0 Å². The van der Waals surface area contributed by atoms with Crippen LogP contribution < -0.4 is 0 Å². The second-order valence-corrected chi connectivity index (χ2v) is 5.45. The molecule has 0 saturated heterocycles. The van der Waals surface area contributed by atoms with Crippen molar-refractivity contribution in [1.29, 1.82) is 0 Å². The number of benzene rings is 1. The normalized spacial score (nSPS) is 10.4. The lowest BCUT2D eigenvalue weighted by molar-refractivity contribution is 0.0986. The number of pyridine rings is 1. The maximum atomic E-state index is 13.4. The lowest BCUT2D eigenvalue weighted by Crippen LogP contribution is -2.08. The van der Waals surface area contributed by atoms with E-state index in [1.807, 2.05) is 0 Å². The number of hydrogen-bond acceptors (Lipinski definition) is 2. The summed E-state index contributed by atoms with van der Waals surface area (Å²) in [6, 6.07) is 7.97. The summed E-state index contributed by atoms with van der Waals surface area (Å²) in [5.41, 5.74) is 0.681. The fraction of sp³-hybridized carbons (Fsp3) is 0.0769. The van der Waals surface area contributed by atoms with Gasteiger partial charge in [0.1, 0.15) is 11.5 Å². The van der Waals surface area contributed by atoms with Crippen LogP contribution in [0.1, 0.15) is 16.1 Å². The Labute approximate surface area is 121 Å². The number of halogens is 3. The Morgan fingerprint density at radius 3 is 2.67 bits per heavy atom. The van der Waals surface area contributed by atoms with Crippen molar-refractivity contribution in [3.8, 4) is 0 Å². The lowest BCUT2D eigenvalue weighted by Gasteiger charge is -2.04. The highest BCUT2D eigenvalue weighted by atomic mass is 79.9. The quantitative estimate of drug-likeness (QED) is 0.757. The van der Waals surface area contributed by atoms with Crippen LogP contribution in [0.2, 0.25) is 0 Å². The van der Waals surface area contributed by atoms with Crippen molar-refractivity contribution in [3.05, 3.63) is 62.5 Å². The monoisotopic (exact) mass is 371 g/mol. The number of carbonyl (C=O) groups excluding carboxylic acids is 1. The predicted octanol–water partition coefficient (Wildman–Crippen LogP) is 4.17. The van der Waals surface area contributed by atoms with E-state index in [-0.39, 0.29) is 18.0 Å². The van der Waals surface area contributed by atoms with Gasteiger partial charge in [0.15, 0.2) is 5.78 Å². The van der Waals surface area contributed by atoms with Gasteiger partial charge in [-0.15, -0.1) is 0 Å². The van der Waals surface area contributed by atoms with E-state index in [1.165, 1.54) is 6.07 Å². The fourth-order valence-electron chi connectivity index (χ4n) is 1.52. The molecule has 0 amide bonds. The Hall–Kier alpha value is -1.07. The minimum atomic E-state index is -0.376. The number of rotatable bonds is 3. The molecule has 0 bridgehead atoms. The van der Waals surface area contributed by atoms with Crippen LogP contribution in [0.15, 0.2) is 45.5 Å². The van der Waals surface area contributed by atoms with Crippen molar-refractivity contribution >= 4 is 37.6 Å². The van der Waals surface area contributed by atoms with E-state index in [4.69, 9.17) is 0 Å². The molecule has 2 nitrogen and oxygen atoms in total. The number of aromatic nitrogens is 1. The Bertz CT molecular complexity index is 601. The smallest absolute Gasteiger partial charge is 0.186 e. The van der Waals surface area contributed by atoms with Crippen LogP contribution >= 0.6 is 31.9 Å². The van der Waals surface area contributed by atoms with Gasteiger partial charge in [0.2, 0.25) is 0 Å². The van der Waals surface area contributed by atoms with Gasteiger partial charge >= 0.3 is 0 Å². The summed E-state index contributed by atoms with van der Waals surface area (Å²) < 4.78 is 14.8. The molecule has 0 saturated carbocycles. The van der Waals surface area contributed by atoms with Gasteiger partial charge < -0.3 is 0 Å². The van der Waals surface area contributed by atoms with E-state index in [0.29, 0.717) is 15.7 Å². The average Bonchev–Trinajstić information content (AvgIpc) is 2.32.